The van der Waals surface area contributed by atoms with E-state index in [0.29, 0.717) is 10.9 Å². The highest BCUT2D eigenvalue weighted by Gasteiger charge is 2.19. The summed E-state index contributed by atoms with van der Waals surface area (Å²) in [7, 11) is 0. The van der Waals surface area contributed by atoms with Crippen LogP contribution in [-0.2, 0) is 11.3 Å². The quantitative estimate of drug-likeness (QED) is 0.764. The van der Waals surface area contributed by atoms with Crippen molar-refractivity contribution >= 4 is 28.1 Å². The molecule has 1 amide bonds. The summed E-state index contributed by atoms with van der Waals surface area (Å²) in [5.74, 6) is 0.0692. The molecule has 0 aliphatic carbocycles. The van der Waals surface area contributed by atoms with Crippen LogP contribution in [0, 0.1) is 12.8 Å². The third-order valence-electron chi connectivity index (χ3n) is 4.20. The zero-order valence-corrected chi connectivity index (χ0v) is 15.3. The number of hydrogen-bond acceptors (Lipinski definition) is 4. The molecule has 5 nitrogen and oxygen atoms in total. The van der Waals surface area contributed by atoms with Gasteiger partial charge in [-0.1, -0.05) is 32.0 Å². The number of para-hydroxylation sites is 1. The van der Waals surface area contributed by atoms with Crippen LogP contribution in [0.15, 0.2) is 46.8 Å². The van der Waals surface area contributed by atoms with Gasteiger partial charge in [-0.3, -0.25) is 14.2 Å². The minimum atomic E-state index is -0.193. The van der Waals surface area contributed by atoms with Gasteiger partial charge in [0.05, 0.1) is 23.3 Å². The zero-order chi connectivity index (χ0) is 18.0. The molecule has 2 aromatic heterocycles. The lowest BCUT2D eigenvalue weighted by Crippen LogP contribution is -2.36. The SMILES string of the molecule is Cc1cccc2c(=O)n(CC(=O)N[C@@H](c3cccs3)C(C)C)cnc12. The van der Waals surface area contributed by atoms with Gasteiger partial charge in [-0.2, -0.15) is 0 Å². The van der Waals surface area contributed by atoms with Crippen molar-refractivity contribution in [3.05, 3.63) is 62.8 Å². The van der Waals surface area contributed by atoms with E-state index in [1.807, 2.05) is 36.6 Å². The van der Waals surface area contributed by atoms with Gasteiger partial charge in [0.25, 0.3) is 5.56 Å². The molecule has 1 aromatic carbocycles. The Hall–Kier alpha value is -2.47. The monoisotopic (exact) mass is 355 g/mol. The molecule has 0 aliphatic heterocycles. The Morgan fingerprint density at radius 3 is 2.76 bits per heavy atom. The number of aryl methyl sites for hydroxylation is 1. The molecule has 3 rings (SSSR count). The van der Waals surface area contributed by atoms with Gasteiger partial charge >= 0.3 is 0 Å². The Morgan fingerprint density at radius 1 is 1.28 bits per heavy atom. The number of carbonyl (C=O) groups is 1. The van der Waals surface area contributed by atoms with Crippen molar-refractivity contribution in [2.45, 2.75) is 33.4 Å². The fourth-order valence-electron chi connectivity index (χ4n) is 2.86. The van der Waals surface area contributed by atoms with Crippen LogP contribution >= 0.6 is 11.3 Å². The Balaban J connectivity index is 1.82. The molecule has 3 aromatic rings. The van der Waals surface area contributed by atoms with Gasteiger partial charge in [-0.05, 0) is 35.9 Å². The van der Waals surface area contributed by atoms with Crippen LogP contribution < -0.4 is 10.9 Å². The van der Waals surface area contributed by atoms with Gasteiger partial charge in [0.1, 0.15) is 6.54 Å². The largest absolute Gasteiger partial charge is 0.347 e. The number of hydrogen-bond donors (Lipinski definition) is 1. The van der Waals surface area contributed by atoms with E-state index in [1.165, 1.54) is 10.9 Å². The van der Waals surface area contributed by atoms with Gasteiger partial charge in [-0.15, -0.1) is 11.3 Å². The molecule has 25 heavy (non-hydrogen) atoms. The van der Waals surface area contributed by atoms with E-state index in [4.69, 9.17) is 0 Å². The van der Waals surface area contributed by atoms with E-state index >= 15 is 0 Å². The maximum Gasteiger partial charge on any atom is 0.261 e. The molecule has 0 unspecified atom stereocenters. The molecule has 0 radical (unpaired) electrons. The normalized spacial score (nSPS) is 12.5. The van der Waals surface area contributed by atoms with Crippen molar-refractivity contribution in [3.63, 3.8) is 0 Å². The van der Waals surface area contributed by atoms with E-state index in [0.717, 1.165) is 10.4 Å². The molecule has 0 aliphatic rings. The molecule has 2 heterocycles. The predicted molar refractivity (Wildman–Crippen MR) is 101 cm³/mol. The average Bonchev–Trinajstić information content (AvgIpc) is 3.10. The van der Waals surface area contributed by atoms with Crippen molar-refractivity contribution in [3.8, 4) is 0 Å². The third-order valence-corrected chi connectivity index (χ3v) is 5.16. The molecule has 6 heteroatoms. The third kappa shape index (κ3) is 3.64. The molecule has 130 valence electrons. The second-order valence-corrected chi connectivity index (χ2v) is 7.43. The number of rotatable bonds is 5. The van der Waals surface area contributed by atoms with Gasteiger partial charge in [-0.25, -0.2) is 4.98 Å². The predicted octanol–water partition coefficient (Wildman–Crippen LogP) is 3.28. The lowest BCUT2D eigenvalue weighted by molar-refractivity contribution is -0.122. The summed E-state index contributed by atoms with van der Waals surface area (Å²) in [6, 6.07) is 9.42. The molecule has 0 fully saturated rings. The lowest BCUT2D eigenvalue weighted by Gasteiger charge is -2.21. The van der Waals surface area contributed by atoms with Crippen molar-refractivity contribution < 1.29 is 4.79 Å². The molecular weight excluding hydrogens is 334 g/mol. The van der Waals surface area contributed by atoms with Crippen LogP contribution in [0.5, 0.6) is 0 Å². The van der Waals surface area contributed by atoms with Crippen molar-refractivity contribution in [2.75, 3.05) is 0 Å². The number of fused-ring (bicyclic) bond motifs is 1. The molecule has 0 spiro atoms. The van der Waals surface area contributed by atoms with E-state index in [-0.39, 0.29) is 30.0 Å². The zero-order valence-electron chi connectivity index (χ0n) is 14.5. The van der Waals surface area contributed by atoms with Crippen LogP contribution in [0.1, 0.15) is 30.3 Å². The average molecular weight is 355 g/mol. The van der Waals surface area contributed by atoms with Crippen molar-refractivity contribution in [2.24, 2.45) is 5.92 Å². The van der Waals surface area contributed by atoms with Crippen LogP contribution in [0.2, 0.25) is 0 Å². The molecule has 0 bridgehead atoms. The fraction of sp³-hybridized carbons (Fsp3) is 0.316. The van der Waals surface area contributed by atoms with Crippen molar-refractivity contribution in [1.29, 1.82) is 0 Å². The Bertz CT molecular complexity index is 945. The fourth-order valence-corrected chi connectivity index (χ4v) is 3.81. The molecule has 1 N–H and O–H groups in total. The Morgan fingerprint density at radius 2 is 2.08 bits per heavy atom. The first-order chi connectivity index (χ1) is 12.0. The molecule has 1 atom stereocenters. The smallest absolute Gasteiger partial charge is 0.261 e. The Kier molecular flexibility index (Phi) is 4.99. The van der Waals surface area contributed by atoms with Crippen molar-refractivity contribution in [1.82, 2.24) is 14.9 Å². The van der Waals surface area contributed by atoms with Crippen LogP contribution in [0.3, 0.4) is 0 Å². The van der Waals surface area contributed by atoms with E-state index < -0.39 is 0 Å². The summed E-state index contributed by atoms with van der Waals surface area (Å²) in [5, 5.41) is 5.57. The standard InChI is InChI=1S/C19H21N3O2S/c1-12(2)17(15-8-5-9-25-15)21-16(23)10-22-11-20-18-13(3)6-4-7-14(18)19(22)24/h4-9,11-12,17H,10H2,1-3H3,(H,21,23)/t17-/m1/s1. The second-order valence-electron chi connectivity index (χ2n) is 6.45. The summed E-state index contributed by atoms with van der Waals surface area (Å²) in [5.41, 5.74) is 1.44. The minimum absolute atomic E-state index is 0.0374. The first-order valence-corrected chi connectivity index (χ1v) is 9.13. The van der Waals surface area contributed by atoms with Crippen LogP contribution in [-0.4, -0.2) is 15.5 Å². The first-order valence-electron chi connectivity index (χ1n) is 8.25. The summed E-state index contributed by atoms with van der Waals surface area (Å²) in [6.07, 6.45) is 1.45. The second kappa shape index (κ2) is 7.19. The topological polar surface area (TPSA) is 64.0 Å². The number of carbonyl (C=O) groups excluding carboxylic acids is 1. The van der Waals surface area contributed by atoms with Crippen LogP contribution in [0.4, 0.5) is 0 Å². The number of aromatic nitrogens is 2. The number of thiophene rings is 1. The van der Waals surface area contributed by atoms with Gasteiger partial charge in [0.15, 0.2) is 0 Å². The molecular formula is C19H21N3O2S. The van der Waals surface area contributed by atoms with Gasteiger partial charge < -0.3 is 5.32 Å². The maximum atomic E-state index is 12.6. The highest BCUT2D eigenvalue weighted by molar-refractivity contribution is 7.10. The first kappa shape index (κ1) is 17.4. The highest BCUT2D eigenvalue weighted by Crippen LogP contribution is 2.25. The molecule has 0 saturated carbocycles. The van der Waals surface area contributed by atoms with E-state index in [2.05, 4.69) is 24.1 Å². The minimum Gasteiger partial charge on any atom is -0.347 e. The Labute approximate surface area is 150 Å². The summed E-state index contributed by atoms with van der Waals surface area (Å²) in [6.45, 7) is 6.01. The summed E-state index contributed by atoms with van der Waals surface area (Å²) < 4.78 is 1.36. The van der Waals surface area contributed by atoms with Gasteiger partial charge in [0.2, 0.25) is 5.91 Å². The maximum absolute atomic E-state index is 12.6. The number of nitrogens with zero attached hydrogens (tertiary/aromatic N) is 2. The molecule has 0 saturated heterocycles. The lowest BCUT2D eigenvalue weighted by atomic mass is 10.0. The highest BCUT2D eigenvalue weighted by atomic mass is 32.1. The summed E-state index contributed by atoms with van der Waals surface area (Å²) >= 11 is 1.62. The number of nitrogens with one attached hydrogen (secondary N) is 1. The van der Waals surface area contributed by atoms with Gasteiger partial charge in [0, 0.05) is 4.88 Å². The number of amides is 1. The summed E-state index contributed by atoms with van der Waals surface area (Å²) in [4.78, 5) is 30.6. The van der Waals surface area contributed by atoms with E-state index in [9.17, 15) is 9.59 Å². The van der Waals surface area contributed by atoms with Crippen LogP contribution in [0.25, 0.3) is 10.9 Å². The van der Waals surface area contributed by atoms with E-state index in [1.54, 1.807) is 17.4 Å². The number of benzene rings is 1.